The number of aromatic hydroxyl groups is 1. The van der Waals surface area contributed by atoms with Crippen LogP contribution in [0.1, 0.15) is 23.1 Å². The Bertz CT molecular complexity index is 878. The van der Waals surface area contributed by atoms with Gasteiger partial charge in [-0.2, -0.15) is 0 Å². The van der Waals surface area contributed by atoms with Crippen molar-refractivity contribution in [2.24, 2.45) is 0 Å². The minimum atomic E-state index is -0.0444. The zero-order chi connectivity index (χ0) is 18.9. The van der Waals surface area contributed by atoms with Crippen molar-refractivity contribution in [2.75, 3.05) is 0 Å². The quantitative estimate of drug-likeness (QED) is 0.631. The molecule has 3 rings (SSSR count). The summed E-state index contributed by atoms with van der Waals surface area (Å²) in [5, 5.41) is 12.7. The number of rotatable bonds is 8. The molecule has 4 heteroatoms. The van der Waals surface area contributed by atoms with Crippen molar-refractivity contribution in [3.05, 3.63) is 95.6 Å². The summed E-state index contributed by atoms with van der Waals surface area (Å²) in [5.41, 5.74) is 2.86. The van der Waals surface area contributed by atoms with Gasteiger partial charge in [0.2, 0.25) is 5.91 Å². The number of phenolic OH excluding ortho intramolecular Hbond substituents is 1. The van der Waals surface area contributed by atoms with Gasteiger partial charge in [-0.25, -0.2) is 0 Å². The molecule has 0 radical (unpaired) electrons. The molecule has 27 heavy (non-hydrogen) atoms. The number of carbonyl (C=O) groups is 1. The number of amides is 1. The maximum atomic E-state index is 12.2. The predicted octanol–water partition coefficient (Wildman–Crippen LogP) is 4.22. The molecular weight excluding hydrogens is 338 g/mol. The van der Waals surface area contributed by atoms with Crippen LogP contribution in [0.4, 0.5) is 0 Å². The van der Waals surface area contributed by atoms with E-state index in [1.807, 2.05) is 66.7 Å². The first-order valence-electron chi connectivity index (χ1n) is 9.00. The second-order valence-corrected chi connectivity index (χ2v) is 6.28. The molecule has 0 saturated carbocycles. The van der Waals surface area contributed by atoms with E-state index in [-0.39, 0.29) is 11.7 Å². The van der Waals surface area contributed by atoms with Crippen molar-refractivity contribution in [3.63, 3.8) is 0 Å². The number of para-hydroxylation sites is 2. The van der Waals surface area contributed by atoms with Crippen LogP contribution in [-0.4, -0.2) is 11.0 Å². The standard InChI is InChI=1S/C23H23NO3/c25-22-13-7-6-8-18(22)14-15-23(26)24-16-19-9-4-5-10-20(19)17-27-21-11-2-1-3-12-21/h1-13,25H,14-17H2,(H,24,26). The molecule has 1 amide bonds. The molecule has 0 bridgehead atoms. The fraction of sp³-hybridized carbons (Fsp3) is 0.174. The van der Waals surface area contributed by atoms with E-state index in [0.29, 0.717) is 26.0 Å². The molecule has 3 aromatic rings. The molecule has 3 aromatic carbocycles. The number of nitrogens with one attached hydrogen (secondary N) is 1. The number of aryl methyl sites for hydroxylation is 1. The number of carbonyl (C=O) groups excluding carboxylic acids is 1. The highest BCUT2D eigenvalue weighted by molar-refractivity contribution is 5.76. The molecule has 0 aliphatic rings. The van der Waals surface area contributed by atoms with Crippen LogP contribution in [0.15, 0.2) is 78.9 Å². The number of phenols is 1. The fourth-order valence-electron chi connectivity index (χ4n) is 2.80. The van der Waals surface area contributed by atoms with E-state index in [0.717, 1.165) is 22.4 Å². The van der Waals surface area contributed by atoms with Crippen LogP contribution < -0.4 is 10.1 Å². The average Bonchev–Trinajstić information content (AvgIpc) is 2.71. The molecule has 138 valence electrons. The van der Waals surface area contributed by atoms with Crippen LogP contribution in [-0.2, 0) is 24.4 Å². The van der Waals surface area contributed by atoms with Crippen molar-refractivity contribution in [2.45, 2.75) is 26.0 Å². The van der Waals surface area contributed by atoms with Crippen molar-refractivity contribution in [1.82, 2.24) is 5.32 Å². The number of hydrogen-bond donors (Lipinski definition) is 2. The lowest BCUT2D eigenvalue weighted by atomic mass is 10.1. The second-order valence-electron chi connectivity index (χ2n) is 6.28. The Morgan fingerprint density at radius 3 is 2.19 bits per heavy atom. The van der Waals surface area contributed by atoms with Gasteiger partial charge in [0.1, 0.15) is 18.1 Å². The predicted molar refractivity (Wildman–Crippen MR) is 105 cm³/mol. The van der Waals surface area contributed by atoms with Gasteiger partial charge in [-0.05, 0) is 41.3 Å². The number of ether oxygens (including phenoxy) is 1. The number of benzene rings is 3. The Labute approximate surface area is 159 Å². The Morgan fingerprint density at radius 1 is 0.815 bits per heavy atom. The normalized spacial score (nSPS) is 10.4. The third-order valence-electron chi connectivity index (χ3n) is 4.34. The summed E-state index contributed by atoms with van der Waals surface area (Å²) in [6.07, 6.45) is 0.845. The average molecular weight is 361 g/mol. The summed E-state index contributed by atoms with van der Waals surface area (Å²) in [5.74, 6) is 1.00. The molecule has 0 saturated heterocycles. The van der Waals surface area contributed by atoms with Crippen LogP contribution in [0.2, 0.25) is 0 Å². The van der Waals surface area contributed by atoms with E-state index >= 15 is 0 Å². The highest BCUT2D eigenvalue weighted by Crippen LogP contribution is 2.17. The lowest BCUT2D eigenvalue weighted by Gasteiger charge is -2.12. The highest BCUT2D eigenvalue weighted by Gasteiger charge is 2.07. The summed E-state index contributed by atoms with van der Waals surface area (Å²) >= 11 is 0. The number of hydrogen-bond acceptors (Lipinski definition) is 3. The third-order valence-corrected chi connectivity index (χ3v) is 4.34. The van der Waals surface area contributed by atoms with E-state index in [1.165, 1.54) is 0 Å². The van der Waals surface area contributed by atoms with E-state index < -0.39 is 0 Å². The van der Waals surface area contributed by atoms with Crippen LogP contribution in [0.5, 0.6) is 11.5 Å². The van der Waals surface area contributed by atoms with Crippen molar-refractivity contribution in [3.8, 4) is 11.5 Å². The first kappa shape index (κ1) is 18.5. The first-order chi connectivity index (χ1) is 13.2. The monoisotopic (exact) mass is 361 g/mol. The van der Waals surface area contributed by atoms with Crippen LogP contribution in [0.25, 0.3) is 0 Å². The van der Waals surface area contributed by atoms with Crippen molar-refractivity contribution in [1.29, 1.82) is 0 Å². The van der Waals surface area contributed by atoms with Gasteiger partial charge in [0.25, 0.3) is 0 Å². The summed E-state index contributed by atoms with van der Waals surface area (Å²) in [4.78, 5) is 12.2. The molecule has 4 nitrogen and oxygen atoms in total. The summed E-state index contributed by atoms with van der Waals surface area (Å²) in [6.45, 7) is 0.905. The zero-order valence-electron chi connectivity index (χ0n) is 15.1. The molecule has 0 aromatic heterocycles. The van der Waals surface area contributed by atoms with Gasteiger partial charge < -0.3 is 15.2 Å². The molecule has 0 heterocycles. The molecule has 0 unspecified atom stereocenters. The van der Waals surface area contributed by atoms with E-state index in [1.54, 1.807) is 12.1 Å². The molecule has 0 spiro atoms. The Kier molecular flexibility index (Phi) is 6.47. The van der Waals surface area contributed by atoms with E-state index in [4.69, 9.17) is 4.74 Å². The van der Waals surface area contributed by atoms with Crippen molar-refractivity contribution < 1.29 is 14.6 Å². The first-order valence-corrected chi connectivity index (χ1v) is 9.00. The maximum absolute atomic E-state index is 12.2. The Balaban J connectivity index is 1.51. The Morgan fingerprint density at radius 2 is 1.44 bits per heavy atom. The van der Waals surface area contributed by atoms with Gasteiger partial charge in [0.15, 0.2) is 0 Å². The van der Waals surface area contributed by atoms with Gasteiger partial charge in [-0.3, -0.25) is 4.79 Å². The molecule has 0 fully saturated rings. The minimum Gasteiger partial charge on any atom is -0.508 e. The SMILES string of the molecule is O=C(CCc1ccccc1O)NCc1ccccc1COc1ccccc1. The molecule has 2 N–H and O–H groups in total. The highest BCUT2D eigenvalue weighted by atomic mass is 16.5. The van der Waals surface area contributed by atoms with Gasteiger partial charge in [0, 0.05) is 13.0 Å². The summed E-state index contributed by atoms with van der Waals surface area (Å²) in [6, 6.07) is 24.7. The van der Waals surface area contributed by atoms with Gasteiger partial charge in [-0.15, -0.1) is 0 Å². The minimum absolute atomic E-state index is 0.0444. The third kappa shape index (κ3) is 5.61. The topological polar surface area (TPSA) is 58.6 Å². The zero-order valence-corrected chi connectivity index (χ0v) is 15.1. The molecule has 0 atom stereocenters. The van der Waals surface area contributed by atoms with Crippen LogP contribution in [0.3, 0.4) is 0 Å². The molecule has 0 aliphatic heterocycles. The molecule has 0 aliphatic carbocycles. The van der Waals surface area contributed by atoms with E-state index in [2.05, 4.69) is 5.32 Å². The van der Waals surface area contributed by atoms with Gasteiger partial charge >= 0.3 is 0 Å². The lowest BCUT2D eigenvalue weighted by molar-refractivity contribution is -0.121. The van der Waals surface area contributed by atoms with Crippen molar-refractivity contribution >= 4 is 5.91 Å². The maximum Gasteiger partial charge on any atom is 0.220 e. The van der Waals surface area contributed by atoms with Crippen LogP contribution >= 0.6 is 0 Å². The van der Waals surface area contributed by atoms with Crippen LogP contribution in [0, 0.1) is 0 Å². The summed E-state index contributed by atoms with van der Waals surface area (Å²) < 4.78 is 5.82. The Hall–Kier alpha value is -3.27. The largest absolute Gasteiger partial charge is 0.508 e. The molecular formula is C23H23NO3. The lowest BCUT2D eigenvalue weighted by Crippen LogP contribution is -2.23. The summed E-state index contributed by atoms with van der Waals surface area (Å²) in [7, 11) is 0. The van der Waals surface area contributed by atoms with Gasteiger partial charge in [-0.1, -0.05) is 60.7 Å². The second kappa shape index (κ2) is 9.43. The van der Waals surface area contributed by atoms with Gasteiger partial charge in [0.05, 0.1) is 0 Å². The smallest absolute Gasteiger partial charge is 0.220 e. The van der Waals surface area contributed by atoms with E-state index in [9.17, 15) is 9.90 Å². The fourth-order valence-corrected chi connectivity index (χ4v) is 2.80.